The number of benzene rings is 5. The van der Waals surface area contributed by atoms with Gasteiger partial charge in [-0.1, -0.05) is 72.3 Å². The number of fused-ring (bicyclic) bond motifs is 2. The molecule has 5 aromatic carbocycles. The van der Waals surface area contributed by atoms with Crippen LogP contribution in [0.5, 0.6) is 0 Å². The van der Waals surface area contributed by atoms with Gasteiger partial charge >= 0.3 is 6.18 Å². The summed E-state index contributed by atoms with van der Waals surface area (Å²) in [6.07, 6.45) is -4.07. The fraction of sp³-hybridized carbons (Fsp3) is 0.146. The molecule has 274 valence electrons. The average Bonchev–Trinajstić information content (AvgIpc) is 3.57. The Morgan fingerprint density at radius 2 is 1.59 bits per heavy atom. The van der Waals surface area contributed by atoms with E-state index in [0.29, 0.717) is 44.3 Å². The number of carbonyl (C=O) groups is 1. The van der Waals surface area contributed by atoms with Crippen LogP contribution in [-0.2, 0) is 36.2 Å². The Morgan fingerprint density at radius 3 is 2.33 bits per heavy atom. The minimum Gasteiger partial charge on any atom is -0.342 e. The van der Waals surface area contributed by atoms with E-state index in [1.54, 1.807) is 64.1 Å². The molecule has 0 bridgehead atoms. The van der Waals surface area contributed by atoms with Gasteiger partial charge in [0.2, 0.25) is 5.91 Å². The second-order valence-electron chi connectivity index (χ2n) is 12.6. The average molecular weight is 773 g/mol. The highest BCUT2D eigenvalue weighted by atomic mass is 35.5. The summed E-state index contributed by atoms with van der Waals surface area (Å²) < 4.78 is 69.6. The van der Waals surface area contributed by atoms with Crippen LogP contribution >= 0.6 is 23.4 Å². The molecule has 0 fully saturated rings. The number of pyridine rings is 1. The van der Waals surface area contributed by atoms with Gasteiger partial charge in [0.15, 0.2) is 17.1 Å². The molecule has 0 atom stereocenters. The van der Waals surface area contributed by atoms with Gasteiger partial charge in [-0.15, -0.1) is 11.8 Å². The van der Waals surface area contributed by atoms with Crippen LogP contribution in [0.25, 0.3) is 33.1 Å². The predicted octanol–water partition coefficient (Wildman–Crippen LogP) is 10.1. The van der Waals surface area contributed by atoms with E-state index < -0.39 is 23.4 Å². The SMILES string of the molecule is O=C(Cn1c(SCc2cccc(F)c2F)cc(=O)c2ccccc21)N(CCc1nc2ccc(Cl)cc2[nH]1)Cc1ccc(-c2ccc(C(F)(F)F)cc2)cc1. The van der Waals surface area contributed by atoms with E-state index >= 15 is 0 Å². The highest BCUT2D eigenvalue weighted by molar-refractivity contribution is 7.98. The number of hydrogen-bond acceptors (Lipinski definition) is 4. The van der Waals surface area contributed by atoms with Crippen molar-refractivity contribution in [3.05, 3.63) is 165 Å². The van der Waals surface area contributed by atoms with Gasteiger partial charge in [-0.2, -0.15) is 13.2 Å². The third-order valence-corrected chi connectivity index (χ3v) is 10.3. The first kappa shape index (κ1) is 36.9. The fourth-order valence-corrected chi connectivity index (χ4v) is 7.40. The van der Waals surface area contributed by atoms with E-state index in [9.17, 15) is 31.5 Å². The second kappa shape index (κ2) is 15.5. The zero-order valence-corrected chi connectivity index (χ0v) is 29.9. The molecular formula is C41H30ClF5N4O2S. The van der Waals surface area contributed by atoms with Gasteiger partial charge in [0.25, 0.3) is 0 Å². The van der Waals surface area contributed by atoms with Crippen molar-refractivity contribution in [3.8, 4) is 11.1 Å². The maximum Gasteiger partial charge on any atom is 0.416 e. The molecule has 0 radical (unpaired) electrons. The first-order chi connectivity index (χ1) is 25.9. The van der Waals surface area contributed by atoms with Crippen molar-refractivity contribution in [2.75, 3.05) is 6.54 Å². The van der Waals surface area contributed by atoms with Gasteiger partial charge in [0.05, 0.1) is 27.1 Å². The van der Waals surface area contributed by atoms with E-state index in [1.165, 1.54) is 30.3 Å². The lowest BCUT2D eigenvalue weighted by Gasteiger charge is -2.25. The highest BCUT2D eigenvalue weighted by Gasteiger charge is 2.30. The van der Waals surface area contributed by atoms with Gasteiger partial charge in [0, 0.05) is 47.3 Å². The number of para-hydroxylation sites is 1. The largest absolute Gasteiger partial charge is 0.416 e. The molecule has 54 heavy (non-hydrogen) atoms. The van der Waals surface area contributed by atoms with E-state index in [2.05, 4.69) is 9.97 Å². The number of halogens is 6. The molecule has 7 aromatic rings. The molecule has 1 amide bonds. The summed E-state index contributed by atoms with van der Waals surface area (Å²) in [5.41, 5.74) is 3.20. The maximum absolute atomic E-state index is 14.6. The number of carbonyl (C=O) groups excluding carboxylic acids is 1. The number of aromatic amines is 1. The molecule has 2 aromatic heterocycles. The van der Waals surface area contributed by atoms with Crippen LogP contribution in [0.2, 0.25) is 5.02 Å². The van der Waals surface area contributed by atoms with Crippen molar-refractivity contribution in [2.45, 2.75) is 36.5 Å². The Hall–Kier alpha value is -5.46. The summed E-state index contributed by atoms with van der Waals surface area (Å²) in [5, 5.41) is 1.36. The van der Waals surface area contributed by atoms with Crippen molar-refractivity contribution < 1.29 is 26.7 Å². The molecule has 6 nitrogen and oxygen atoms in total. The normalized spacial score (nSPS) is 11.7. The van der Waals surface area contributed by atoms with Gasteiger partial charge in [0.1, 0.15) is 12.4 Å². The number of nitrogens with zero attached hydrogens (tertiary/aromatic N) is 3. The summed E-state index contributed by atoms with van der Waals surface area (Å²) >= 11 is 7.29. The first-order valence-electron chi connectivity index (χ1n) is 16.8. The Bertz CT molecular complexity index is 2540. The molecule has 7 rings (SSSR count). The third-order valence-electron chi connectivity index (χ3n) is 9.02. The minimum absolute atomic E-state index is 0.0145. The summed E-state index contributed by atoms with van der Waals surface area (Å²) in [6.45, 7) is 0.267. The summed E-state index contributed by atoms with van der Waals surface area (Å²) in [7, 11) is 0. The number of rotatable bonds is 11. The van der Waals surface area contributed by atoms with Crippen LogP contribution in [0.4, 0.5) is 22.0 Å². The van der Waals surface area contributed by atoms with Crippen LogP contribution < -0.4 is 5.43 Å². The van der Waals surface area contributed by atoms with Crippen LogP contribution in [-0.4, -0.2) is 31.9 Å². The number of H-pyrrole nitrogens is 1. The van der Waals surface area contributed by atoms with Crippen LogP contribution in [0.3, 0.4) is 0 Å². The number of alkyl halides is 3. The first-order valence-corrected chi connectivity index (χ1v) is 18.2. The Kier molecular flexibility index (Phi) is 10.6. The van der Waals surface area contributed by atoms with Crippen molar-refractivity contribution in [1.82, 2.24) is 19.4 Å². The van der Waals surface area contributed by atoms with Gasteiger partial charge in [-0.25, -0.2) is 13.8 Å². The molecule has 0 aliphatic heterocycles. The standard InChI is InChI=1S/C41H30ClF5N4O2S/c42-30-16-17-33-34(20-30)49-37(48-33)18-19-50(22-25-8-10-26(11-9-25)27-12-14-29(15-13-27)41(45,46)47)38(53)23-51-35-7-2-1-5-31(35)36(52)21-39(51)54-24-28-4-3-6-32(43)40(28)44/h1-17,20-21H,18-19,22-24H2,(H,48,49). The van der Waals surface area contributed by atoms with Crippen molar-refractivity contribution in [2.24, 2.45) is 0 Å². The lowest BCUT2D eigenvalue weighted by molar-refractivity contribution is -0.137. The summed E-state index contributed by atoms with van der Waals surface area (Å²) in [4.78, 5) is 37.1. The number of amides is 1. The molecule has 0 saturated carbocycles. The molecule has 1 N–H and O–H groups in total. The predicted molar refractivity (Wildman–Crippen MR) is 201 cm³/mol. The van der Waals surface area contributed by atoms with E-state index in [4.69, 9.17) is 11.6 Å². The molecule has 13 heteroatoms. The van der Waals surface area contributed by atoms with Gasteiger partial charge in [-0.3, -0.25) is 9.59 Å². The summed E-state index contributed by atoms with van der Waals surface area (Å²) in [5.74, 6) is -1.58. The number of thioether (sulfide) groups is 1. The van der Waals surface area contributed by atoms with Gasteiger partial charge in [-0.05, 0) is 65.2 Å². The lowest BCUT2D eigenvalue weighted by atomic mass is 10.0. The fourth-order valence-electron chi connectivity index (χ4n) is 6.19. The van der Waals surface area contributed by atoms with Gasteiger partial charge < -0.3 is 14.5 Å². The van der Waals surface area contributed by atoms with Crippen LogP contribution in [0, 0.1) is 11.6 Å². The van der Waals surface area contributed by atoms with E-state index in [1.807, 2.05) is 12.1 Å². The lowest BCUT2D eigenvalue weighted by Crippen LogP contribution is -2.35. The Morgan fingerprint density at radius 1 is 0.870 bits per heavy atom. The smallest absolute Gasteiger partial charge is 0.342 e. The minimum atomic E-state index is -4.44. The van der Waals surface area contributed by atoms with E-state index in [-0.39, 0.29) is 42.3 Å². The maximum atomic E-state index is 14.6. The molecule has 0 aliphatic carbocycles. The quantitative estimate of drug-likeness (QED) is 0.105. The van der Waals surface area contributed by atoms with E-state index in [0.717, 1.165) is 46.6 Å². The molecule has 0 unspecified atom stereocenters. The van der Waals surface area contributed by atoms with Crippen molar-refractivity contribution >= 4 is 51.2 Å². The topological polar surface area (TPSA) is 71.0 Å². The number of hydrogen-bond donors (Lipinski definition) is 1. The number of aromatic nitrogens is 3. The molecule has 0 spiro atoms. The Balaban J connectivity index is 1.18. The monoisotopic (exact) mass is 772 g/mol. The number of nitrogens with one attached hydrogen (secondary N) is 1. The number of imidazole rings is 1. The van der Waals surface area contributed by atoms with Crippen LogP contribution in [0.15, 0.2) is 125 Å². The second-order valence-corrected chi connectivity index (χ2v) is 14.1. The van der Waals surface area contributed by atoms with Crippen LogP contribution in [0.1, 0.15) is 22.5 Å². The molecular weight excluding hydrogens is 743 g/mol. The Labute approximate surface area is 315 Å². The zero-order chi connectivity index (χ0) is 38.0. The summed E-state index contributed by atoms with van der Waals surface area (Å²) in [6, 6.07) is 29.7. The molecule has 0 saturated heterocycles. The molecule has 0 aliphatic rings. The molecule has 2 heterocycles. The van der Waals surface area contributed by atoms with Crippen molar-refractivity contribution in [1.29, 1.82) is 0 Å². The third kappa shape index (κ3) is 8.19. The van der Waals surface area contributed by atoms with Crippen molar-refractivity contribution in [3.63, 3.8) is 0 Å². The zero-order valence-electron chi connectivity index (χ0n) is 28.3. The highest BCUT2D eigenvalue weighted by Crippen LogP contribution is 2.32.